The monoisotopic (exact) mass is 253 g/mol. The van der Waals surface area contributed by atoms with Crippen LogP contribution in [0.3, 0.4) is 0 Å². The Balaban J connectivity index is 1.62. The van der Waals surface area contributed by atoms with Gasteiger partial charge in [-0.15, -0.1) is 6.42 Å². The first-order valence-electron chi connectivity index (χ1n) is 7.07. The van der Waals surface area contributed by atoms with Gasteiger partial charge < -0.3 is 4.90 Å². The molecule has 0 spiro atoms. The van der Waals surface area contributed by atoms with E-state index in [9.17, 15) is 4.79 Å². The van der Waals surface area contributed by atoms with Crippen molar-refractivity contribution >= 4 is 5.91 Å². The van der Waals surface area contributed by atoms with Gasteiger partial charge in [0.15, 0.2) is 0 Å². The molecule has 19 heavy (non-hydrogen) atoms. The summed E-state index contributed by atoms with van der Waals surface area (Å²) in [5, 5.41) is 0. The zero-order chi connectivity index (χ0) is 13.2. The SMILES string of the molecule is C#CCN(CC1CC1)C(=O)C1CC1c1ccccc1. The van der Waals surface area contributed by atoms with Gasteiger partial charge in [0.1, 0.15) is 0 Å². The highest BCUT2D eigenvalue weighted by Gasteiger charge is 2.46. The maximum absolute atomic E-state index is 12.5. The van der Waals surface area contributed by atoms with Gasteiger partial charge in [-0.1, -0.05) is 36.3 Å². The topological polar surface area (TPSA) is 20.3 Å². The zero-order valence-corrected chi connectivity index (χ0v) is 11.1. The fourth-order valence-corrected chi connectivity index (χ4v) is 2.73. The maximum atomic E-state index is 12.5. The lowest BCUT2D eigenvalue weighted by molar-refractivity contribution is -0.132. The second-order valence-corrected chi connectivity index (χ2v) is 5.73. The van der Waals surface area contributed by atoms with Crippen LogP contribution in [0, 0.1) is 24.2 Å². The van der Waals surface area contributed by atoms with Gasteiger partial charge in [0.2, 0.25) is 5.91 Å². The Morgan fingerprint density at radius 3 is 2.68 bits per heavy atom. The van der Waals surface area contributed by atoms with Crippen LogP contribution in [0.4, 0.5) is 0 Å². The van der Waals surface area contributed by atoms with E-state index in [1.807, 2.05) is 23.1 Å². The normalized spacial score (nSPS) is 24.6. The van der Waals surface area contributed by atoms with Gasteiger partial charge in [-0.2, -0.15) is 0 Å². The molecule has 0 saturated heterocycles. The molecule has 98 valence electrons. The van der Waals surface area contributed by atoms with E-state index < -0.39 is 0 Å². The largest absolute Gasteiger partial charge is 0.331 e. The van der Waals surface area contributed by atoms with Crippen LogP contribution in [-0.4, -0.2) is 23.9 Å². The van der Waals surface area contributed by atoms with Crippen LogP contribution in [0.15, 0.2) is 30.3 Å². The Hall–Kier alpha value is -1.75. The number of carbonyl (C=O) groups is 1. The fourth-order valence-electron chi connectivity index (χ4n) is 2.73. The summed E-state index contributed by atoms with van der Waals surface area (Å²) in [6, 6.07) is 10.3. The molecule has 2 aliphatic rings. The van der Waals surface area contributed by atoms with Crippen LogP contribution in [0.25, 0.3) is 0 Å². The molecule has 2 aliphatic carbocycles. The quantitative estimate of drug-likeness (QED) is 0.739. The van der Waals surface area contributed by atoms with Crippen molar-refractivity contribution in [3.8, 4) is 12.3 Å². The Kier molecular flexibility index (Phi) is 3.29. The average Bonchev–Trinajstić information content (AvgIpc) is 3.32. The van der Waals surface area contributed by atoms with Gasteiger partial charge in [0, 0.05) is 12.5 Å². The number of carbonyl (C=O) groups excluding carboxylic acids is 1. The van der Waals surface area contributed by atoms with Crippen molar-refractivity contribution in [2.75, 3.05) is 13.1 Å². The number of terminal acetylenes is 1. The first-order chi connectivity index (χ1) is 9.29. The summed E-state index contributed by atoms with van der Waals surface area (Å²) < 4.78 is 0. The molecule has 2 saturated carbocycles. The molecule has 2 fully saturated rings. The molecule has 0 bridgehead atoms. The average molecular weight is 253 g/mol. The Bertz CT molecular complexity index is 498. The van der Waals surface area contributed by atoms with Crippen molar-refractivity contribution in [3.63, 3.8) is 0 Å². The lowest BCUT2D eigenvalue weighted by atomic mass is 10.1. The first-order valence-corrected chi connectivity index (χ1v) is 7.07. The number of hydrogen-bond donors (Lipinski definition) is 0. The summed E-state index contributed by atoms with van der Waals surface area (Å²) in [6.45, 7) is 1.33. The van der Waals surface area contributed by atoms with Gasteiger partial charge in [0.25, 0.3) is 0 Å². The van der Waals surface area contributed by atoms with Crippen LogP contribution in [0.5, 0.6) is 0 Å². The number of rotatable bonds is 5. The van der Waals surface area contributed by atoms with E-state index >= 15 is 0 Å². The van der Waals surface area contributed by atoms with E-state index in [1.54, 1.807) is 0 Å². The van der Waals surface area contributed by atoms with E-state index in [1.165, 1.54) is 18.4 Å². The standard InChI is InChI=1S/C17H19NO/c1-2-10-18(12-13-8-9-13)17(19)16-11-15(16)14-6-4-3-5-7-14/h1,3-7,13,15-16H,8-12H2. The minimum absolute atomic E-state index is 0.162. The van der Waals surface area contributed by atoms with Crippen molar-refractivity contribution in [2.24, 2.45) is 11.8 Å². The Labute approximate surface area is 114 Å². The van der Waals surface area contributed by atoms with Crippen LogP contribution in [-0.2, 0) is 4.79 Å². The zero-order valence-electron chi connectivity index (χ0n) is 11.1. The highest BCUT2D eigenvalue weighted by Crippen LogP contribution is 2.48. The second-order valence-electron chi connectivity index (χ2n) is 5.73. The van der Waals surface area contributed by atoms with Gasteiger partial charge in [-0.25, -0.2) is 0 Å². The molecule has 1 aromatic rings. The molecule has 0 aliphatic heterocycles. The van der Waals surface area contributed by atoms with Crippen molar-refractivity contribution in [1.29, 1.82) is 0 Å². The Morgan fingerprint density at radius 2 is 2.05 bits per heavy atom. The van der Waals surface area contributed by atoms with Crippen molar-refractivity contribution in [3.05, 3.63) is 35.9 Å². The van der Waals surface area contributed by atoms with Gasteiger partial charge in [-0.05, 0) is 36.7 Å². The van der Waals surface area contributed by atoms with E-state index in [2.05, 4.69) is 18.1 Å². The molecule has 0 heterocycles. The lowest BCUT2D eigenvalue weighted by Gasteiger charge is -2.20. The van der Waals surface area contributed by atoms with Crippen LogP contribution in [0.2, 0.25) is 0 Å². The van der Waals surface area contributed by atoms with Gasteiger partial charge in [0.05, 0.1) is 6.54 Å². The minimum atomic E-state index is 0.162. The van der Waals surface area contributed by atoms with Crippen molar-refractivity contribution in [1.82, 2.24) is 4.90 Å². The maximum Gasteiger partial charge on any atom is 0.227 e. The van der Waals surface area contributed by atoms with Crippen LogP contribution in [0.1, 0.15) is 30.7 Å². The van der Waals surface area contributed by atoms with Gasteiger partial charge in [-0.3, -0.25) is 4.79 Å². The van der Waals surface area contributed by atoms with E-state index in [0.29, 0.717) is 18.4 Å². The summed E-state index contributed by atoms with van der Waals surface area (Å²) in [5.41, 5.74) is 1.29. The van der Waals surface area contributed by atoms with E-state index in [0.717, 1.165) is 13.0 Å². The Morgan fingerprint density at radius 1 is 1.32 bits per heavy atom. The highest BCUT2D eigenvalue weighted by atomic mass is 16.2. The smallest absolute Gasteiger partial charge is 0.227 e. The molecular weight excluding hydrogens is 234 g/mol. The third-order valence-electron chi connectivity index (χ3n) is 4.10. The summed E-state index contributed by atoms with van der Waals surface area (Å²) in [6.07, 6.45) is 8.87. The summed E-state index contributed by atoms with van der Waals surface area (Å²) in [7, 11) is 0. The fraction of sp³-hybridized carbons (Fsp3) is 0.471. The molecular formula is C17H19NO. The molecule has 1 aromatic carbocycles. The predicted molar refractivity (Wildman–Crippen MR) is 75.4 cm³/mol. The number of hydrogen-bond acceptors (Lipinski definition) is 1. The summed E-state index contributed by atoms with van der Waals surface area (Å²) in [5.74, 6) is 4.16. The molecule has 2 atom stereocenters. The lowest BCUT2D eigenvalue weighted by Crippen LogP contribution is -2.34. The van der Waals surface area contributed by atoms with Crippen LogP contribution < -0.4 is 0 Å². The predicted octanol–water partition coefficient (Wildman–Crippen LogP) is 2.66. The molecule has 2 heteroatoms. The number of amides is 1. The second kappa shape index (κ2) is 5.09. The number of nitrogens with zero attached hydrogens (tertiary/aromatic N) is 1. The molecule has 0 N–H and O–H groups in total. The molecule has 3 rings (SSSR count). The molecule has 2 unspecified atom stereocenters. The molecule has 1 amide bonds. The van der Waals surface area contributed by atoms with E-state index in [4.69, 9.17) is 6.42 Å². The number of benzene rings is 1. The molecule has 2 nitrogen and oxygen atoms in total. The van der Waals surface area contributed by atoms with Crippen molar-refractivity contribution in [2.45, 2.75) is 25.2 Å². The summed E-state index contributed by atoms with van der Waals surface area (Å²) >= 11 is 0. The van der Waals surface area contributed by atoms with Crippen molar-refractivity contribution < 1.29 is 4.79 Å². The third-order valence-corrected chi connectivity index (χ3v) is 4.10. The minimum Gasteiger partial charge on any atom is -0.331 e. The highest BCUT2D eigenvalue weighted by molar-refractivity contribution is 5.83. The summed E-state index contributed by atoms with van der Waals surface area (Å²) in [4.78, 5) is 14.4. The van der Waals surface area contributed by atoms with E-state index in [-0.39, 0.29) is 11.8 Å². The molecule has 0 aromatic heterocycles. The molecule has 0 radical (unpaired) electrons. The van der Waals surface area contributed by atoms with Gasteiger partial charge >= 0.3 is 0 Å². The third kappa shape index (κ3) is 2.81. The first kappa shape index (κ1) is 12.3. The van der Waals surface area contributed by atoms with Crippen LogP contribution >= 0.6 is 0 Å².